The van der Waals surface area contributed by atoms with Crippen molar-refractivity contribution in [3.05, 3.63) is 95.8 Å². The average Bonchev–Trinajstić information content (AvgIpc) is 2.63. The Bertz CT molecular complexity index is 762. The molecule has 0 spiro atoms. The molecule has 0 fully saturated rings. The van der Waals surface area contributed by atoms with Crippen LogP contribution in [0.15, 0.2) is 73.2 Å². The molecule has 0 aliphatic rings. The quantitative estimate of drug-likeness (QED) is 0.737. The van der Waals surface area contributed by atoms with E-state index in [0.29, 0.717) is 12.0 Å². The van der Waals surface area contributed by atoms with E-state index in [2.05, 4.69) is 27.4 Å². The minimum absolute atomic E-state index is 0.0352. The SMILES string of the molecule is C[C@@H](N[C@@H](Cc1ccccc1)c1ccccc1F)c1cnccn1. The van der Waals surface area contributed by atoms with Crippen molar-refractivity contribution in [3.63, 3.8) is 0 Å². The molecule has 4 heteroatoms. The van der Waals surface area contributed by atoms with Crippen LogP contribution in [0.2, 0.25) is 0 Å². The van der Waals surface area contributed by atoms with Crippen LogP contribution in [-0.4, -0.2) is 9.97 Å². The lowest BCUT2D eigenvalue weighted by Gasteiger charge is -2.24. The van der Waals surface area contributed by atoms with Gasteiger partial charge in [-0.15, -0.1) is 0 Å². The van der Waals surface area contributed by atoms with Crippen molar-refractivity contribution in [2.24, 2.45) is 0 Å². The molecule has 0 saturated heterocycles. The fraction of sp³-hybridized carbons (Fsp3) is 0.200. The highest BCUT2D eigenvalue weighted by molar-refractivity contribution is 5.25. The van der Waals surface area contributed by atoms with Crippen LogP contribution in [0.25, 0.3) is 0 Å². The van der Waals surface area contributed by atoms with Gasteiger partial charge in [0.2, 0.25) is 0 Å². The second kappa shape index (κ2) is 7.79. The predicted molar refractivity (Wildman–Crippen MR) is 92.9 cm³/mol. The zero-order valence-corrected chi connectivity index (χ0v) is 13.6. The third kappa shape index (κ3) is 4.03. The van der Waals surface area contributed by atoms with Crippen LogP contribution in [0.3, 0.4) is 0 Å². The molecule has 3 nitrogen and oxygen atoms in total. The maximum atomic E-state index is 14.3. The van der Waals surface area contributed by atoms with Crippen molar-refractivity contribution in [2.75, 3.05) is 0 Å². The van der Waals surface area contributed by atoms with Crippen LogP contribution in [0.1, 0.15) is 35.8 Å². The number of nitrogens with zero attached hydrogens (tertiary/aromatic N) is 2. The Kier molecular flexibility index (Phi) is 5.29. The van der Waals surface area contributed by atoms with E-state index in [9.17, 15) is 4.39 Å². The van der Waals surface area contributed by atoms with Gasteiger partial charge in [-0.3, -0.25) is 9.97 Å². The van der Waals surface area contributed by atoms with Crippen LogP contribution in [0.5, 0.6) is 0 Å². The Labute approximate surface area is 141 Å². The second-order valence-corrected chi connectivity index (χ2v) is 5.78. The molecule has 3 rings (SSSR count). The number of hydrogen-bond donors (Lipinski definition) is 1. The molecule has 0 aliphatic heterocycles. The minimum atomic E-state index is -0.197. The summed E-state index contributed by atoms with van der Waals surface area (Å²) < 4.78 is 14.3. The summed E-state index contributed by atoms with van der Waals surface area (Å²) in [5, 5.41) is 3.50. The summed E-state index contributed by atoms with van der Waals surface area (Å²) in [4.78, 5) is 8.45. The molecule has 1 N–H and O–H groups in total. The van der Waals surface area contributed by atoms with Crippen molar-refractivity contribution >= 4 is 0 Å². The molecular weight excluding hydrogens is 301 g/mol. The topological polar surface area (TPSA) is 37.8 Å². The van der Waals surface area contributed by atoms with Gasteiger partial charge in [-0.25, -0.2) is 4.39 Å². The lowest BCUT2D eigenvalue weighted by molar-refractivity contribution is 0.440. The van der Waals surface area contributed by atoms with Crippen LogP contribution >= 0.6 is 0 Å². The molecule has 2 aromatic carbocycles. The number of aromatic nitrogens is 2. The van der Waals surface area contributed by atoms with Gasteiger partial charge in [0.15, 0.2) is 0 Å². The molecule has 122 valence electrons. The number of benzene rings is 2. The normalized spacial score (nSPS) is 13.4. The number of hydrogen-bond acceptors (Lipinski definition) is 3. The van der Waals surface area contributed by atoms with Gasteiger partial charge in [-0.1, -0.05) is 48.5 Å². The highest BCUT2D eigenvalue weighted by Crippen LogP contribution is 2.24. The molecule has 0 unspecified atom stereocenters. The van der Waals surface area contributed by atoms with Crippen LogP contribution < -0.4 is 5.32 Å². The zero-order valence-electron chi connectivity index (χ0n) is 13.6. The second-order valence-electron chi connectivity index (χ2n) is 5.78. The molecule has 0 amide bonds. The smallest absolute Gasteiger partial charge is 0.127 e. The molecule has 0 radical (unpaired) electrons. The zero-order chi connectivity index (χ0) is 16.8. The largest absolute Gasteiger partial charge is 0.301 e. The summed E-state index contributed by atoms with van der Waals surface area (Å²) >= 11 is 0. The predicted octanol–water partition coefficient (Wildman–Crippen LogP) is 4.25. The molecule has 24 heavy (non-hydrogen) atoms. The number of rotatable bonds is 6. The molecule has 1 heterocycles. The third-order valence-electron chi connectivity index (χ3n) is 4.04. The first-order valence-electron chi connectivity index (χ1n) is 8.04. The summed E-state index contributed by atoms with van der Waals surface area (Å²) in [6.45, 7) is 2.02. The van der Waals surface area contributed by atoms with E-state index in [4.69, 9.17) is 0 Å². The van der Waals surface area contributed by atoms with Gasteiger partial charge in [0.25, 0.3) is 0 Å². The fourth-order valence-corrected chi connectivity index (χ4v) is 2.79. The Balaban J connectivity index is 1.86. The van der Waals surface area contributed by atoms with Gasteiger partial charge >= 0.3 is 0 Å². The van der Waals surface area contributed by atoms with E-state index in [1.54, 1.807) is 24.7 Å². The Morgan fingerprint density at radius 3 is 2.46 bits per heavy atom. The lowest BCUT2D eigenvalue weighted by Crippen LogP contribution is -2.27. The molecule has 0 bridgehead atoms. The van der Waals surface area contributed by atoms with Gasteiger partial charge in [-0.2, -0.15) is 0 Å². The summed E-state index contributed by atoms with van der Waals surface area (Å²) in [5.41, 5.74) is 2.66. The van der Waals surface area contributed by atoms with E-state index in [1.807, 2.05) is 37.3 Å². The van der Waals surface area contributed by atoms with Gasteiger partial charge in [0.1, 0.15) is 5.82 Å². The van der Waals surface area contributed by atoms with Gasteiger partial charge in [0, 0.05) is 36.2 Å². The Morgan fingerprint density at radius 2 is 1.75 bits per heavy atom. The molecule has 3 aromatic rings. The van der Waals surface area contributed by atoms with E-state index in [1.165, 1.54) is 6.07 Å². The van der Waals surface area contributed by atoms with Crippen LogP contribution in [0, 0.1) is 5.82 Å². The maximum Gasteiger partial charge on any atom is 0.127 e. The van der Waals surface area contributed by atoms with E-state index < -0.39 is 0 Å². The van der Waals surface area contributed by atoms with Crippen molar-refractivity contribution in [3.8, 4) is 0 Å². The highest BCUT2D eigenvalue weighted by Gasteiger charge is 2.19. The Morgan fingerprint density at radius 1 is 1.00 bits per heavy atom. The summed E-state index contributed by atoms with van der Waals surface area (Å²) in [5.74, 6) is -0.197. The van der Waals surface area contributed by atoms with Crippen molar-refractivity contribution in [1.29, 1.82) is 0 Å². The fourth-order valence-electron chi connectivity index (χ4n) is 2.79. The monoisotopic (exact) mass is 321 g/mol. The van der Waals surface area contributed by atoms with E-state index >= 15 is 0 Å². The lowest BCUT2D eigenvalue weighted by atomic mass is 9.97. The van der Waals surface area contributed by atoms with E-state index in [0.717, 1.165) is 11.3 Å². The Hall–Kier alpha value is -2.59. The van der Waals surface area contributed by atoms with Gasteiger partial charge in [0.05, 0.1) is 5.69 Å². The molecule has 0 saturated carbocycles. The molecule has 1 aromatic heterocycles. The van der Waals surface area contributed by atoms with E-state index in [-0.39, 0.29) is 17.9 Å². The summed E-state index contributed by atoms with van der Waals surface area (Å²) in [6, 6.07) is 16.8. The highest BCUT2D eigenvalue weighted by atomic mass is 19.1. The minimum Gasteiger partial charge on any atom is -0.301 e. The van der Waals surface area contributed by atoms with Crippen LogP contribution in [0.4, 0.5) is 4.39 Å². The first-order chi connectivity index (χ1) is 11.7. The van der Waals surface area contributed by atoms with Crippen molar-refractivity contribution in [2.45, 2.75) is 25.4 Å². The van der Waals surface area contributed by atoms with Gasteiger partial charge in [-0.05, 0) is 25.0 Å². The third-order valence-corrected chi connectivity index (χ3v) is 4.04. The summed E-state index contributed by atoms with van der Waals surface area (Å²) in [7, 11) is 0. The standard InChI is InChI=1S/C20H20FN3/c1-15(20-14-22-11-12-23-20)24-19(13-16-7-3-2-4-8-16)17-9-5-6-10-18(17)21/h2-12,14-15,19,24H,13H2,1H3/t15-,19+/m1/s1. The number of halogens is 1. The van der Waals surface area contributed by atoms with Crippen molar-refractivity contribution in [1.82, 2.24) is 15.3 Å². The first kappa shape index (κ1) is 16.3. The maximum absolute atomic E-state index is 14.3. The van der Waals surface area contributed by atoms with Crippen molar-refractivity contribution < 1.29 is 4.39 Å². The number of nitrogens with one attached hydrogen (secondary N) is 1. The molecule has 2 atom stereocenters. The van der Waals surface area contributed by atoms with Crippen LogP contribution in [-0.2, 0) is 6.42 Å². The molecular formula is C20H20FN3. The average molecular weight is 321 g/mol. The first-order valence-corrected chi connectivity index (χ1v) is 8.04. The summed E-state index contributed by atoms with van der Waals surface area (Å²) in [6.07, 6.45) is 5.75. The van der Waals surface area contributed by atoms with Gasteiger partial charge < -0.3 is 5.32 Å². The molecule has 0 aliphatic carbocycles.